The van der Waals surface area contributed by atoms with Gasteiger partial charge in [0.05, 0.1) is 0 Å². The van der Waals surface area contributed by atoms with Gasteiger partial charge in [-0.05, 0) is 49.7 Å². The van der Waals surface area contributed by atoms with Crippen molar-refractivity contribution < 1.29 is 4.79 Å². The molecule has 0 aromatic heterocycles. The molecule has 3 rings (SSSR count). The summed E-state index contributed by atoms with van der Waals surface area (Å²) in [7, 11) is 0. The predicted molar refractivity (Wildman–Crippen MR) is 82.2 cm³/mol. The van der Waals surface area contributed by atoms with Crippen molar-refractivity contribution in [1.82, 2.24) is 0 Å². The fraction of sp³-hybridized carbons (Fsp3) is 0.556. The summed E-state index contributed by atoms with van der Waals surface area (Å²) in [5, 5.41) is 0. The molecule has 1 aromatic carbocycles. The average Bonchev–Trinajstić information content (AvgIpc) is 2.72. The molecular formula is C18H23NO. The predicted octanol–water partition coefficient (Wildman–Crippen LogP) is 4.42. The topological polar surface area (TPSA) is 29.4 Å². The van der Waals surface area contributed by atoms with Gasteiger partial charge in [-0.2, -0.15) is 0 Å². The van der Waals surface area contributed by atoms with Crippen LogP contribution in [0.4, 0.5) is 0 Å². The molecule has 2 atom stereocenters. The monoisotopic (exact) mass is 269 g/mol. The minimum absolute atomic E-state index is 0.0791. The van der Waals surface area contributed by atoms with Crippen molar-refractivity contribution in [2.75, 3.05) is 0 Å². The number of hydrogen-bond acceptors (Lipinski definition) is 1. The van der Waals surface area contributed by atoms with Crippen LogP contribution in [-0.4, -0.2) is 11.6 Å². The van der Waals surface area contributed by atoms with E-state index in [1.165, 1.54) is 18.4 Å². The Kier molecular flexibility index (Phi) is 2.89. The second kappa shape index (κ2) is 4.28. The zero-order valence-electron chi connectivity index (χ0n) is 12.9. The quantitative estimate of drug-likeness (QED) is 0.742. The molecule has 2 heteroatoms. The van der Waals surface area contributed by atoms with E-state index < -0.39 is 0 Å². The van der Waals surface area contributed by atoms with Crippen LogP contribution in [0.3, 0.4) is 0 Å². The van der Waals surface area contributed by atoms with Crippen LogP contribution in [0.5, 0.6) is 0 Å². The molecule has 0 heterocycles. The zero-order chi connectivity index (χ0) is 14.5. The highest BCUT2D eigenvalue weighted by atomic mass is 16.1. The summed E-state index contributed by atoms with van der Waals surface area (Å²) in [6, 6.07) is 7.70. The Bertz CT molecular complexity index is 582. The van der Waals surface area contributed by atoms with Crippen molar-refractivity contribution in [3.8, 4) is 0 Å². The second-order valence-electron chi connectivity index (χ2n) is 7.22. The molecular weight excluding hydrogens is 246 g/mol. The highest BCUT2D eigenvalue weighted by molar-refractivity contribution is 6.07. The van der Waals surface area contributed by atoms with E-state index in [2.05, 4.69) is 25.8 Å². The molecule has 2 aliphatic carbocycles. The molecule has 0 saturated heterocycles. The van der Waals surface area contributed by atoms with Crippen LogP contribution in [0.1, 0.15) is 56.0 Å². The Morgan fingerprint density at radius 3 is 2.35 bits per heavy atom. The van der Waals surface area contributed by atoms with Gasteiger partial charge in [-0.15, -0.1) is 0 Å². The SMILES string of the molecule is Cc1ccc(C(=O)N=C2C[C@H]3CC[C@]2(C)C3(C)C)cc1. The number of carbonyl (C=O) groups excluding carboxylic acids is 1. The molecule has 106 valence electrons. The van der Waals surface area contributed by atoms with E-state index >= 15 is 0 Å². The molecule has 1 aromatic rings. The molecule has 2 fully saturated rings. The van der Waals surface area contributed by atoms with E-state index in [1.807, 2.05) is 31.2 Å². The lowest BCUT2D eigenvalue weighted by Crippen LogP contribution is -2.33. The Labute approximate surface area is 121 Å². The first-order chi connectivity index (χ1) is 9.34. The van der Waals surface area contributed by atoms with Gasteiger partial charge in [0.25, 0.3) is 5.91 Å². The van der Waals surface area contributed by atoms with Crippen LogP contribution >= 0.6 is 0 Å². The van der Waals surface area contributed by atoms with Crippen LogP contribution in [0.2, 0.25) is 0 Å². The van der Waals surface area contributed by atoms with Crippen LogP contribution < -0.4 is 0 Å². The third-order valence-corrected chi connectivity index (χ3v) is 6.05. The molecule has 20 heavy (non-hydrogen) atoms. The van der Waals surface area contributed by atoms with Crippen molar-refractivity contribution in [2.45, 2.75) is 47.0 Å². The highest BCUT2D eigenvalue weighted by Gasteiger charge is 2.59. The molecule has 2 bridgehead atoms. The van der Waals surface area contributed by atoms with Crippen molar-refractivity contribution in [3.05, 3.63) is 35.4 Å². The van der Waals surface area contributed by atoms with E-state index in [-0.39, 0.29) is 16.7 Å². The fourth-order valence-electron chi connectivity index (χ4n) is 3.98. The number of carbonyl (C=O) groups is 1. The first kappa shape index (κ1) is 13.5. The maximum Gasteiger partial charge on any atom is 0.276 e. The summed E-state index contributed by atoms with van der Waals surface area (Å²) in [4.78, 5) is 16.9. The number of rotatable bonds is 1. The van der Waals surface area contributed by atoms with E-state index in [0.717, 1.165) is 12.1 Å². The van der Waals surface area contributed by atoms with Crippen molar-refractivity contribution in [2.24, 2.45) is 21.7 Å². The number of nitrogens with zero attached hydrogens (tertiary/aromatic N) is 1. The summed E-state index contributed by atoms with van der Waals surface area (Å²) in [6.07, 6.45) is 3.45. The fourth-order valence-corrected chi connectivity index (χ4v) is 3.98. The van der Waals surface area contributed by atoms with Crippen molar-refractivity contribution in [1.29, 1.82) is 0 Å². The van der Waals surface area contributed by atoms with E-state index in [1.54, 1.807) is 0 Å². The number of aliphatic imine (C=N–C) groups is 1. The normalized spacial score (nSPS) is 32.8. The summed E-state index contributed by atoms with van der Waals surface area (Å²) >= 11 is 0. The van der Waals surface area contributed by atoms with Crippen molar-refractivity contribution in [3.63, 3.8) is 0 Å². The van der Waals surface area contributed by atoms with Gasteiger partial charge in [-0.1, -0.05) is 38.5 Å². The molecule has 2 nitrogen and oxygen atoms in total. The number of hydrogen-bond donors (Lipinski definition) is 0. The molecule has 2 saturated carbocycles. The molecule has 0 aliphatic heterocycles. The number of amides is 1. The van der Waals surface area contributed by atoms with Gasteiger partial charge < -0.3 is 0 Å². The third kappa shape index (κ3) is 1.77. The number of fused-ring (bicyclic) bond motifs is 2. The lowest BCUT2D eigenvalue weighted by atomic mass is 9.70. The van der Waals surface area contributed by atoms with Gasteiger partial charge in [-0.25, -0.2) is 4.99 Å². The van der Waals surface area contributed by atoms with Crippen LogP contribution in [0.15, 0.2) is 29.3 Å². The highest BCUT2D eigenvalue weighted by Crippen LogP contribution is 2.64. The van der Waals surface area contributed by atoms with Gasteiger partial charge in [0.2, 0.25) is 0 Å². The van der Waals surface area contributed by atoms with Gasteiger partial charge in [0.1, 0.15) is 0 Å². The van der Waals surface area contributed by atoms with E-state index in [9.17, 15) is 4.79 Å². The maximum atomic E-state index is 12.4. The molecule has 1 amide bonds. The van der Waals surface area contributed by atoms with Crippen LogP contribution in [0.25, 0.3) is 0 Å². The Balaban J connectivity index is 1.91. The Morgan fingerprint density at radius 1 is 1.20 bits per heavy atom. The molecule has 0 N–H and O–H groups in total. The minimum atomic E-state index is -0.0791. The summed E-state index contributed by atoms with van der Waals surface area (Å²) in [6.45, 7) is 8.99. The average molecular weight is 269 g/mol. The van der Waals surface area contributed by atoms with Gasteiger partial charge in [-0.3, -0.25) is 4.79 Å². The van der Waals surface area contributed by atoms with Crippen molar-refractivity contribution >= 4 is 11.6 Å². The maximum absolute atomic E-state index is 12.4. The third-order valence-electron chi connectivity index (χ3n) is 6.05. The molecule has 2 aliphatic rings. The second-order valence-corrected chi connectivity index (χ2v) is 7.22. The lowest BCUT2D eigenvalue weighted by Gasteiger charge is -2.34. The zero-order valence-corrected chi connectivity index (χ0v) is 12.9. The van der Waals surface area contributed by atoms with Crippen LogP contribution in [0, 0.1) is 23.7 Å². The van der Waals surface area contributed by atoms with Gasteiger partial charge in [0, 0.05) is 16.7 Å². The van der Waals surface area contributed by atoms with Crippen LogP contribution in [-0.2, 0) is 0 Å². The van der Waals surface area contributed by atoms with E-state index in [0.29, 0.717) is 11.5 Å². The lowest BCUT2D eigenvalue weighted by molar-refractivity contribution is 0.100. The summed E-state index contributed by atoms with van der Waals surface area (Å²) < 4.78 is 0. The molecule has 0 unspecified atom stereocenters. The minimum Gasteiger partial charge on any atom is -0.267 e. The largest absolute Gasteiger partial charge is 0.276 e. The number of benzene rings is 1. The Morgan fingerprint density at radius 2 is 1.85 bits per heavy atom. The standard InChI is InChI=1S/C18H23NO/c1-12-5-7-13(8-6-12)16(20)19-15-11-14-9-10-18(15,4)17(14,2)3/h5-8,14H,9-11H2,1-4H3/t14-,18+/m1/s1. The summed E-state index contributed by atoms with van der Waals surface area (Å²) in [5.74, 6) is 0.613. The summed E-state index contributed by atoms with van der Waals surface area (Å²) in [5.41, 5.74) is 3.39. The molecule has 0 radical (unpaired) electrons. The Hall–Kier alpha value is -1.44. The van der Waals surface area contributed by atoms with E-state index in [4.69, 9.17) is 0 Å². The van der Waals surface area contributed by atoms with Gasteiger partial charge in [0.15, 0.2) is 0 Å². The number of aryl methyl sites for hydroxylation is 1. The smallest absolute Gasteiger partial charge is 0.267 e. The van der Waals surface area contributed by atoms with Gasteiger partial charge >= 0.3 is 0 Å². The first-order valence-corrected chi connectivity index (χ1v) is 7.53. The molecule has 0 spiro atoms. The first-order valence-electron chi connectivity index (χ1n) is 7.53.